The summed E-state index contributed by atoms with van der Waals surface area (Å²) in [7, 11) is 3.66. The van der Waals surface area contributed by atoms with Crippen LogP contribution in [-0.2, 0) is 11.2 Å². The van der Waals surface area contributed by atoms with Gasteiger partial charge in [-0.3, -0.25) is 9.59 Å². The molecule has 2 aliphatic rings. The monoisotopic (exact) mass is 440 g/mol. The van der Waals surface area contributed by atoms with Crippen LogP contribution >= 0.6 is 0 Å². The molecule has 2 aromatic rings. The molecule has 2 amide bonds. The van der Waals surface area contributed by atoms with Crippen molar-refractivity contribution in [2.24, 2.45) is 11.1 Å². The third-order valence-corrected chi connectivity index (χ3v) is 6.74. The zero-order chi connectivity index (χ0) is 22.9. The van der Waals surface area contributed by atoms with Gasteiger partial charge in [0.05, 0.1) is 11.1 Å². The normalized spacial score (nSPS) is 21.7. The van der Waals surface area contributed by atoms with Gasteiger partial charge in [-0.05, 0) is 32.3 Å². The van der Waals surface area contributed by atoms with E-state index in [0.29, 0.717) is 48.4 Å². The molecule has 0 aromatic carbocycles. The SMILES string of the molecule is Cc1cc(C(=O)N2CC[C@](Cc3cc(C4CCCCC4)no3)(C(N)=O)C2)nc(N(C)C)n1. The van der Waals surface area contributed by atoms with E-state index in [0.717, 1.165) is 18.5 Å². The van der Waals surface area contributed by atoms with Crippen molar-refractivity contribution in [1.82, 2.24) is 20.0 Å². The van der Waals surface area contributed by atoms with Gasteiger partial charge in [-0.1, -0.05) is 24.4 Å². The average Bonchev–Trinajstić information content (AvgIpc) is 3.42. The molecule has 1 atom stereocenters. The third-order valence-electron chi connectivity index (χ3n) is 6.74. The van der Waals surface area contributed by atoms with Crippen LogP contribution in [0.2, 0.25) is 0 Å². The number of hydrogen-bond acceptors (Lipinski definition) is 7. The van der Waals surface area contributed by atoms with Gasteiger partial charge in [0.1, 0.15) is 11.5 Å². The van der Waals surface area contributed by atoms with E-state index in [9.17, 15) is 9.59 Å². The second-order valence-electron chi connectivity index (χ2n) is 9.44. The van der Waals surface area contributed by atoms with Gasteiger partial charge >= 0.3 is 0 Å². The molecule has 0 bridgehead atoms. The van der Waals surface area contributed by atoms with Gasteiger partial charge in [0.2, 0.25) is 11.9 Å². The number of rotatable bonds is 6. The number of nitrogens with two attached hydrogens (primary N) is 1. The largest absolute Gasteiger partial charge is 0.369 e. The van der Waals surface area contributed by atoms with Gasteiger partial charge in [0.25, 0.3) is 5.91 Å². The lowest BCUT2D eigenvalue weighted by molar-refractivity contribution is -0.127. The molecule has 0 spiro atoms. The summed E-state index contributed by atoms with van der Waals surface area (Å²) >= 11 is 0. The molecule has 1 aliphatic carbocycles. The van der Waals surface area contributed by atoms with E-state index in [-0.39, 0.29) is 12.5 Å². The number of aromatic nitrogens is 3. The fourth-order valence-corrected chi connectivity index (χ4v) is 4.84. The molecule has 1 aliphatic heterocycles. The van der Waals surface area contributed by atoms with Gasteiger partial charge in [-0.15, -0.1) is 0 Å². The first kappa shape index (κ1) is 22.2. The van der Waals surface area contributed by atoms with Crippen LogP contribution in [-0.4, -0.2) is 59.0 Å². The highest BCUT2D eigenvalue weighted by molar-refractivity contribution is 5.94. The summed E-state index contributed by atoms with van der Waals surface area (Å²) in [6.45, 7) is 2.50. The Morgan fingerprint density at radius 3 is 2.66 bits per heavy atom. The summed E-state index contributed by atoms with van der Waals surface area (Å²) in [6, 6.07) is 3.65. The molecule has 2 aromatic heterocycles. The summed E-state index contributed by atoms with van der Waals surface area (Å²) in [6.07, 6.45) is 6.79. The molecule has 1 saturated heterocycles. The van der Waals surface area contributed by atoms with E-state index >= 15 is 0 Å². The summed E-state index contributed by atoms with van der Waals surface area (Å²) in [4.78, 5) is 37.9. The van der Waals surface area contributed by atoms with E-state index in [1.807, 2.05) is 27.1 Å². The molecule has 9 nitrogen and oxygen atoms in total. The zero-order valence-electron chi connectivity index (χ0n) is 19.1. The summed E-state index contributed by atoms with van der Waals surface area (Å²) in [5.74, 6) is 0.926. The lowest BCUT2D eigenvalue weighted by Crippen LogP contribution is -2.42. The van der Waals surface area contributed by atoms with Gasteiger partial charge < -0.3 is 20.1 Å². The summed E-state index contributed by atoms with van der Waals surface area (Å²) in [5.41, 5.74) is 6.98. The fourth-order valence-electron chi connectivity index (χ4n) is 4.84. The van der Waals surface area contributed by atoms with Crippen LogP contribution < -0.4 is 10.6 Å². The average molecular weight is 441 g/mol. The minimum atomic E-state index is -0.870. The summed E-state index contributed by atoms with van der Waals surface area (Å²) in [5, 5.41) is 4.28. The van der Waals surface area contributed by atoms with Crippen LogP contribution in [0, 0.1) is 12.3 Å². The van der Waals surface area contributed by atoms with Crippen molar-refractivity contribution in [3.8, 4) is 0 Å². The number of carbonyl (C=O) groups excluding carboxylic acids is 2. The molecule has 4 rings (SSSR count). The maximum atomic E-state index is 13.2. The summed E-state index contributed by atoms with van der Waals surface area (Å²) < 4.78 is 5.61. The van der Waals surface area contributed by atoms with Crippen molar-refractivity contribution in [3.05, 3.63) is 35.0 Å². The molecule has 2 fully saturated rings. The van der Waals surface area contributed by atoms with Crippen molar-refractivity contribution < 1.29 is 14.1 Å². The predicted molar refractivity (Wildman–Crippen MR) is 119 cm³/mol. The predicted octanol–water partition coefficient (Wildman–Crippen LogP) is 2.45. The number of primary amides is 1. The molecular formula is C23H32N6O3. The Hall–Kier alpha value is -2.97. The van der Waals surface area contributed by atoms with Gasteiger partial charge in [0.15, 0.2) is 0 Å². The number of amides is 2. The molecule has 2 N–H and O–H groups in total. The Bertz CT molecular complexity index is 997. The van der Waals surface area contributed by atoms with E-state index < -0.39 is 11.3 Å². The van der Waals surface area contributed by atoms with Crippen LogP contribution in [0.15, 0.2) is 16.7 Å². The van der Waals surface area contributed by atoms with E-state index in [1.54, 1.807) is 15.9 Å². The Kier molecular flexibility index (Phi) is 6.17. The lowest BCUT2D eigenvalue weighted by Gasteiger charge is -2.25. The van der Waals surface area contributed by atoms with E-state index in [1.165, 1.54) is 19.3 Å². The number of aryl methyl sites for hydroxylation is 1. The Labute approximate surface area is 188 Å². The van der Waals surface area contributed by atoms with Crippen molar-refractivity contribution in [3.63, 3.8) is 0 Å². The molecule has 0 unspecified atom stereocenters. The highest BCUT2D eigenvalue weighted by Crippen LogP contribution is 2.37. The number of hydrogen-bond donors (Lipinski definition) is 1. The Morgan fingerprint density at radius 1 is 1.22 bits per heavy atom. The molecule has 9 heteroatoms. The van der Waals surface area contributed by atoms with E-state index in [4.69, 9.17) is 10.3 Å². The van der Waals surface area contributed by atoms with Crippen molar-refractivity contribution in [1.29, 1.82) is 0 Å². The lowest BCUT2D eigenvalue weighted by atomic mass is 9.81. The van der Waals surface area contributed by atoms with Crippen molar-refractivity contribution >= 4 is 17.8 Å². The standard InChI is InChI=1S/C23H32N6O3/c1-15-11-19(26-22(25-15)28(2)3)20(30)29-10-9-23(14-29,21(24)31)13-17-12-18(27-32-17)16-7-5-4-6-8-16/h11-12,16H,4-10,13-14H2,1-3H3,(H2,24,31)/t23-/m1/s1. The van der Waals surface area contributed by atoms with Crippen LogP contribution in [0.5, 0.6) is 0 Å². The van der Waals surface area contributed by atoms with Crippen molar-refractivity contribution in [2.75, 3.05) is 32.1 Å². The van der Waals surface area contributed by atoms with E-state index in [2.05, 4.69) is 15.1 Å². The smallest absolute Gasteiger partial charge is 0.272 e. The minimum absolute atomic E-state index is 0.220. The van der Waals surface area contributed by atoms with Crippen LogP contribution in [0.4, 0.5) is 5.95 Å². The molecule has 32 heavy (non-hydrogen) atoms. The molecular weight excluding hydrogens is 408 g/mol. The quantitative estimate of drug-likeness (QED) is 0.733. The first-order chi connectivity index (χ1) is 15.3. The highest BCUT2D eigenvalue weighted by atomic mass is 16.5. The second kappa shape index (κ2) is 8.88. The second-order valence-corrected chi connectivity index (χ2v) is 9.44. The topological polar surface area (TPSA) is 118 Å². The Balaban J connectivity index is 1.50. The third kappa shape index (κ3) is 4.47. The maximum absolute atomic E-state index is 13.2. The van der Waals surface area contributed by atoms with Crippen LogP contribution in [0.1, 0.15) is 72.1 Å². The molecule has 1 saturated carbocycles. The van der Waals surface area contributed by atoms with Crippen molar-refractivity contribution in [2.45, 2.75) is 57.8 Å². The highest BCUT2D eigenvalue weighted by Gasteiger charge is 2.46. The fraction of sp³-hybridized carbons (Fsp3) is 0.609. The van der Waals surface area contributed by atoms with Crippen LogP contribution in [0.25, 0.3) is 0 Å². The number of likely N-dealkylation sites (tertiary alicyclic amines) is 1. The maximum Gasteiger partial charge on any atom is 0.272 e. The molecule has 172 valence electrons. The zero-order valence-corrected chi connectivity index (χ0v) is 19.1. The van der Waals surface area contributed by atoms with Gasteiger partial charge in [0, 0.05) is 51.3 Å². The van der Waals surface area contributed by atoms with Gasteiger partial charge in [-0.25, -0.2) is 9.97 Å². The molecule has 0 radical (unpaired) electrons. The number of anilines is 1. The minimum Gasteiger partial charge on any atom is -0.369 e. The number of carbonyl (C=O) groups is 2. The number of nitrogens with zero attached hydrogens (tertiary/aromatic N) is 5. The molecule has 3 heterocycles. The Morgan fingerprint density at radius 2 is 1.97 bits per heavy atom. The first-order valence-electron chi connectivity index (χ1n) is 11.3. The van der Waals surface area contributed by atoms with Gasteiger partial charge in [-0.2, -0.15) is 0 Å². The van der Waals surface area contributed by atoms with Crippen LogP contribution in [0.3, 0.4) is 0 Å². The first-order valence-corrected chi connectivity index (χ1v) is 11.3.